The van der Waals surface area contributed by atoms with Gasteiger partial charge in [0.25, 0.3) is 5.91 Å². The van der Waals surface area contributed by atoms with E-state index in [4.69, 9.17) is 10.5 Å². The van der Waals surface area contributed by atoms with Crippen molar-refractivity contribution in [3.8, 4) is 5.75 Å². The van der Waals surface area contributed by atoms with Gasteiger partial charge in [0.1, 0.15) is 11.5 Å². The van der Waals surface area contributed by atoms with E-state index in [1.807, 2.05) is 48.5 Å². The van der Waals surface area contributed by atoms with Crippen molar-refractivity contribution in [3.05, 3.63) is 65.9 Å². The van der Waals surface area contributed by atoms with E-state index in [9.17, 15) is 4.79 Å². The highest BCUT2D eigenvalue weighted by Gasteiger charge is 2.33. The number of methoxy groups -OCH3 is 1. The van der Waals surface area contributed by atoms with Gasteiger partial charge in [-0.3, -0.25) is 4.79 Å². The summed E-state index contributed by atoms with van der Waals surface area (Å²) in [5.41, 5.74) is 8.13. The van der Waals surface area contributed by atoms with Crippen LogP contribution in [0.1, 0.15) is 5.56 Å². The molecule has 0 bridgehead atoms. The SMILES string of the molecule is COc1cccc(C2=NN(c3nc4ccccc4s3)C(=O)C2=CN)c1. The van der Waals surface area contributed by atoms with Crippen LogP contribution in [-0.2, 0) is 4.79 Å². The molecule has 0 radical (unpaired) electrons. The summed E-state index contributed by atoms with van der Waals surface area (Å²) in [6, 6.07) is 15.1. The van der Waals surface area contributed by atoms with Gasteiger partial charge in [0.15, 0.2) is 0 Å². The number of para-hydroxylation sites is 1. The molecule has 124 valence electrons. The van der Waals surface area contributed by atoms with E-state index >= 15 is 0 Å². The van der Waals surface area contributed by atoms with Crippen molar-refractivity contribution in [2.45, 2.75) is 0 Å². The van der Waals surface area contributed by atoms with E-state index in [0.29, 0.717) is 22.2 Å². The molecule has 3 aromatic rings. The van der Waals surface area contributed by atoms with Gasteiger partial charge in [-0.05, 0) is 24.3 Å². The highest BCUT2D eigenvalue weighted by molar-refractivity contribution is 7.22. The number of ether oxygens (including phenoxy) is 1. The molecule has 0 spiro atoms. The van der Waals surface area contributed by atoms with Crippen molar-refractivity contribution in [1.29, 1.82) is 0 Å². The number of hydrazone groups is 1. The van der Waals surface area contributed by atoms with Crippen LogP contribution in [0.2, 0.25) is 0 Å². The number of nitrogens with zero attached hydrogens (tertiary/aromatic N) is 3. The second kappa shape index (κ2) is 6.03. The van der Waals surface area contributed by atoms with Crippen LogP contribution in [0, 0.1) is 0 Å². The summed E-state index contributed by atoms with van der Waals surface area (Å²) in [4.78, 5) is 17.2. The Kier molecular flexibility index (Phi) is 3.70. The second-order valence-electron chi connectivity index (χ2n) is 5.34. The van der Waals surface area contributed by atoms with Gasteiger partial charge in [0.05, 0.1) is 22.9 Å². The van der Waals surface area contributed by atoms with Crippen molar-refractivity contribution < 1.29 is 9.53 Å². The maximum absolute atomic E-state index is 12.8. The maximum Gasteiger partial charge on any atom is 0.284 e. The highest BCUT2D eigenvalue weighted by Crippen LogP contribution is 2.33. The third-order valence-corrected chi connectivity index (χ3v) is 4.86. The molecular formula is C18H14N4O2S. The molecule has 0 aliphatic carbocycles. The van der Waals surface area contributed by atoms with Crippen molar-refractivity contribution >= 4 is 38.3 Å². The zero-order chi connectivity index (χ0) is 17.4. The van der Waals surface area contributed by atoms with Crippen molar-refractivity contribution in [2.24, 2.45) is 10.8 Å². The topological polar surface area (TPSA) is 80.8 Å². The quantitative estimate of drug-likeness (QED) is 0.737. The number of anilines is 1. The Labute approximate surface area is 147 Å². The predicted octanol–water partition coefficient (Wildman–Crippen LogP) is 2.90. The molecule has 0 saturated carbocycles. The summed E-state index contributed by atoms with van der Waals surface area (Å²) in [7, 11) is 1.59. The molecule has 6 nitrogen and oxygen atoms in total. The van der Waals surface area contributed by atoms with Gasteiger partial charge in [0.2, 0.25) is 5.13 Å². The zero-order valence-electron chi connectivity index (χ0n) is 13.3. The molecule has 0 fully saturated rings. The number of fused-ring (bicyclic) bond motifs is 1. The minimum atomic E-state index is -0.292. The Balaban J connectivity index is 1.81. The summed E-state index contributed by atoms with van der Waals surface area (Å²) < 4.78 is 6.24. The van der Waals surface area contributed by atoms with Crippen LogP contribution >= 0.6 is 11.3 Å². The number of carbonyl (C=O) groups is 1. The Morgan fingerprint density at radius 1 is 1.20 bits per heavy atom. The van der Waals surface area contributed by atoms with Crippen molar-refractivity contribution in [2.75, 3.05) is 12.1 Å². The molecule has 25 heavy (non-hydrogen) atoms. The molecule has 2 N–H and O–H groups in total. The first kappa shape index (κ1) is 15.3. The van der Waals surface area contributed by atoms with Crippen LogP contribution in [-0.4, -0.2) is 23.7 Å². The first-order valence-corrected chi connectivity index (χ1v) is 8.38. The molecule has 2 heterocycles. The van der Waals surface area contributed by atoms with Crippen LogP contribution in [0.15, 0.2) is 65.4 Å². The minimum absolute atomic E-state index is 0.292. The first-order valence-electron chi connectivity index (χ1n) is 7.56. The van der Waals surface area contributed by atoms with Gasteiger partial charge >= 0.3 is 0 Å². The number of hydrogen-bond donors (Lipinski definition) is 1. The van der Waals surface area contributed by atoms with Crippen LogP contribution in [0.3, 0.4) is 0 Å². The van der Waals surface area contributed by atoms with Crippen LogP contribution in [0.25, 0.3) is 10.2 Å². The number of benzene rings is 2. The lowest BCUT2D eigenvalue weighted by Gasteiger charge is -2.05. The average Bonchev–Trinajstić information content (AvgIpc) is 3.22. The Morgan fingerprint density at radius 3 is 2.80 bits per heavy atom. The van der Waals surface area contributed by atoms with E-state index in [2.05, 4.69) is 10.1 Å². The molecule has 4 rings (SSSR count). The fourth-order valence-electron chi connectivity index (χ4n) is 2.63. The van der Waals surface area contributed by atoms with Crippen molar-refractivity contribution in [1.82, 2.24) is 4.98 Å². The number of carbonyl (C=O) groups excluding carboxylic acids is 1. The fraction of sp³-hybridized carbons (Fsp3) is 0.0556. The molecule has 0 unspecified atom stereocenters. The molecule has 1 aromatic heterocycles. The summed E-state index contributed by atoms with van der Waals surface area (Å²) in [5.74, 6) is 0.391. The normalized spacial score (nSPS) is 15.9. The molecular weight excluding hydrogens is 336 g/mol. The summed E-state index contributed by atoms with van der Waals surface area (Å²) in [6.45, 7) is 0. The van der Waals surface area contributed by atoms with E-state index < -0.39 is 0 Å². The maximum atomic E-state index is 12.8. The number of thiazole rings is 1. The van der Waals surface area contributed by atoms with Crippen molar-refractivity contribution in [3.63, 3.8) is 0 Å². The van der Waals surface area contributed by atoms with Gasteiger partial charge in [0, 0.05) is 11.8 Å². The van der Waals surface area contributed by atoms with Crippen LogP contribution < -0.4 is 15.5 Å². The smallest absolute Gasteiger partial charge is 0.284 e. The number of rotatable bonds is 3. The monoisotopic (exact) mass is 350 g/mol. The highest BCUT2D eigenvalue weighted by atomic mass is 32.1. The number of aromatic nitrogens is 1. The number of hydrogen-bond acceptors (Lipinski definition) is 6. The molecule has 0 atom stereocenters. The van der Waals surface area contributed by atoms with Gasteiger partial charge in [-0.1, -0.05) is 35.6 Å². The Hall–Kier alpha value is -3.19. The van der Waals surface area contributed by atoms with Gasteiger partial charge in [-0.2, -0.15) is 10.1 Å². The molecule has 1 amide bonds. The fourth-order valence-corrected chi connectivity index (χ4v) is 3.54. The number of nitrogens with two attached hydrogens (primary N) is 1. The standard InChI is InChI=1S/C18H14N4O2S/c1-24-12-6-4-5-11(9-12)16-13(10-19)17(23)22(21-16)18-20-14-7-2-3-8-15(14)25-18/h2-10H,19H2,1H3. The lowest BCUT2D eigenvalue weighted by atomic mass is 10.0. The van der Waals surface area contributed by atoms with Crippen LogP contribution in [0.5, 0.6) is 5.75 Å². The molecule has 1 aliphatic heterocycles. The summed E-state index contributed by atoms with van der Waals surface area (Å²) in [6.07, 6.45) is 1.29. The molecule has 1 aliphatic rings. The Morgan fingerprint density at radius 2 is 2.04 bits per heavy atom. The zero-order valence-corrected chi connectivity index (χ0v) is 14.2. The first-order chi connectivity index (χ1) is 12.2. The summed E-state index contributed by atoms with van der Waals surface area (Å²) in [5, 5.41) is 6.30. The Bertz CT molecular complexity index is 1010. The molecule has 0 saturated heterocycles. The minimum Gasteiger partial charge on any atom is -0.497 e. The molecule has 2 aromatic carbocycles. The van der Waals surface area contributed by atoms with E-state index in [0.717, 1.165) is 15.8 Å². The number of amides is 1. The lowest BCUT2D eigenvalue weighted by molar-refractivity contribution is -0.114. The lowest BCUT2D eigenvalue weighted by Crippen LogP contribution is -2.21. The summed E-state index contributed by atoms with van der Waals surface area (Å²) >= 11 is 1.41. The van der Waals surface area contributed by atoms with Gasteiger partial charge in [-0.25, -0.2) is 4.98 Å². The second-order valence-corrected chi connectivity index (χ2v) is 6.35. The molecule has 7 heteroatoms. The third kappa shape index (κ3) is 2.54. The largest absolute Gasteiger partial charge is 0.497 e. The van der Waals surface area contributed by atoms with Gasteiger partial charge in [-0.15, -0.1) is 0 Å². The van der Waals surface area contributed by atoms with Crippen LogP contribution in [0.4, 0.5) is 5.13 Å². The van der Waals surface area contributed by atoms with E-state index in [1.165, 1.54) is 22.5 Å². The van der Waals surface area contributed by atoms with E-state index in [1.54, 1.807) is 7.11 Å². The van der Waals surface area contributed by atoms with Gasteiger partial charge < -0.3 is 10.5 Å². The predicted molar refractivity (Wildman–Crippen MR) is 98.9 cm³/mol. The third-order valence-electron chi connectivity index (χ3n) is 3.85. The van der Waals surface area contributed by atoms with E-state index in [-0.39, 0.29) is 5.91 Å². The average molecular weight is 350 g/mol.